The minimum absolute atomic E-state index is 0.208. The van der Waals surface area contributed by atoms with E-state index in [2.05, 4.69) is 5.32 Å². The standard InChI is InChI=1S/C20H26N2O3S/c1-14-10-11-15(2)18(12-14)17(4)21-20(23)13-22(26(5,24)25)19-9-7-6-8-16(19)3/h6-12,17H,13H2,1-5H3,(H,21,23)/t17-/m1/s1. The van der Waals surface area contributed by atoms with Crippen LogP contribution in [0.3, 0.4) is 0 Å². The van der Waals surface area contributed by atoms with Gasteiger partial charge < -0.3 is 5.32 Å². The zero-order valence-electron chi connectivity index (χ0n) is 15.9. The van der Waals surface area contributed by atoms with Gasteiger partial charge in [-0.1, -0.05) is 42.0 Å². The largest absolute Gasteiger partial charge is 0.348 e. The van der Waals surface area contributed by atoms with Crippen molar-refractivity contribution < 1.29 is 13.2 Å². The molecule has 0 saturated heterocycles. The molecule has 0 aliphatic rings. The Morgan fingerprint density at radius 2 is 1.73 bits per heavy atom. The molecule has 0 bridgehead atoms. The maximum Gasteiger partial charge on any atom is 0.241 e. The van der Waals surface area contributed by atoms with Gasteiger partial charge in [0.2, 0.25) is 15.9 Å². The summed E-state index contributed by atoms with van der Waals surface area (Å²) in [7, 11) is -3.58. The lowest BCUT2D eigenvalue weighted by Gasteiger charge is -2.25. The Balaban J connectivity index is 2.20. The highest BCUT2D eigenvalue weighted by molar-refractivity contribution is 7.92. The minimum atomic E-state index is -3.58. The van der Waals surface area contributed by atoms with E-state index in [4.69, 9.17) is 0 Å². The Bertz CT molecular complexity index is 907. The fraction of sp³-hybridized carbons (Fsp3) is 0.350. The number of sulfonamides is 1. The van der Waals surface area contributed by atoms with Crippen LogP contribution in [0.2, 0.25) is 0 Å². The number of hydrogen-bond acceptors (Lipinski definition) is 3. The van der Waals surface area contributed by atoms with Crippen LogP contribution in [0.5, 0.6) is 0 Å². The molecule has 0 heterocycles. The van der Waals surface area contributed by atoms with Gasteiger partial charge in [0.1, 0.15) is 6.54 Å². The van der Waals surface area contributed by atoms with Crippen molar-refractivity contribution in [3.8, 4) is 0 Å². The van der Waals surface area contributed by atoms with Crippen LogP contribution in [0.4, 0.5) is 5.69 Å². The predicted octanol–water partition coefficient (Wildman–Crippen LogP) is 3.26. The molecule has 6 heteroatoms. The summed E-state index contributed by atoms with van der Waals surface area (Å²) in [5.74, 6) is -0.341. The van der Waals surface area contributed by atoms with Crippen molar-refractivity contribution in [3.63, 3.8) is 0 Å². The topological polar surface area (TPSA) is 66.5 Å². The molecule has 0 saturated carbocycles. The van der Waals surface area contributed by atoms with Crippen LogP contribution < -0.4 is 9.62 Å². The van der Waals surface area contributed by atoms with Gasteiger partial charge in [-0.2, -0.15) is 0 Å². The molecule has 2 rings (SSSR count). The van der Waals surface area contributed by atoms with Gasteiger partial charge in [-0.25, -0.2) is 8.42 Å². The van der Waals surface area contributed by atoms with Gasteiger partial charge >= 0.3 is 0 Å². The molecule has 140 valence electrons. The summed E-state index contributed by atoms with van der Waals surface area (Å²) in [4.78, 5) is 12.5. The molecule has 26 heavy (non-hydrogen) atoms. The lowest BCUT2D eigenvalue weighted by atomic mass is 10.00. The molecule has 2 aromatic rings. The number of para-hydroxylation sites is 1. The number of rotatable bonds is 6. The zero-order chi connectivity index (χ0) is 19.5. The van der Waals surface area contributed by atoms with E-state index in [9.17, 15) is 13.2 Å². The summed E-state index contributed by atoms with van der Waals surface area (Å²) in [6, 6.07) is 13.0. The molecule has 0 spiro atoms. The lowest BCUT2D eigenvalue weighted by Crippen LogP contribution is -2.41. The molecule has 5 nitrogen and oxygen atoms in total. The number of anilines is 1. The van der Waals surface area contributed by atoms with E-state index in [1.807, 2.05) is 58.0 Å². The molecule has 0 aliphatic carbocycles. The van der Waals surface area contributed by atoms with Crippen LogP contribution in [0, 0.1) is 20.8 Å². The first-order valence-corrected chi connectivity index (χ1v) is 10.3. The molecule has 0 aliphatic heterocycles. The van der Waals surface area contributed by atoms with Crippen LogP contribution in [-0.2, 0) is 14.8 Å². The van der Waals surface area contributed by atoms with Crippen molar-refractivity contribution in [2.24, 2.45) is 0 Å². The number of aryl methyl sites for hydroxylation is 3. The van der Waals surface area contributed by atoms with Gasteiger partial charge in [0.25, 0.3) is 0 Å². The van der Waals surface area contributed by atoms with E-state index in [1.54, 1.807) is 12.1 Å². The number of nitrogens with one attached hydrogen (secondary N) is 1. The zero-order valence-corrected chi connectivity index (χ0v) is 16.7. The van der Waals surface area contributed by atoms with Gasteiger partial charge in [0.15, 0.2) is 0 Å². The van der Waals surface area contributed by atoms with Crippen molar-refractivity contribution >= 4 is 21.6 Å². The number of carbonyl (C=O) groups is 1. The van der Waals surface area contributed by atoms with Crippen molar-refractivity contribution in [3.05, 3.63) is 64.7 Å². The molecule has 1 atom stereocenters. The third kappa shape index (κ3) is 4.85. The fourth-order valence-corrected chi connectivity index (χ4v) is 3.86. The van der Waals surface area contributed by atoms with Crippen LogP contribution in [0.25, 0.3) is 0 Å². The summed E-state index contributed by atoms with van der Waals surface area (Å²) in [5.41, 5.74) is 4.55. The molecule has 1 N–H and O–H groups in total. The molecule has 2 aromatic carbocycles. The number of benzene rings is 2. The van der Waals surface area contributed by atoms with Gasteiger partial charge in [-0.3, -0.25) is 9.10 Å². The molecule has 1 amide bonds. The lowest BCUT2D eigenvalue weighted by molar-refractivity contribution is -0.120. The highest BCUT2D eigenvalue weighted by Crippen LogP contribution is 2.22. The average molecular weight is 375 g/mol. The number of nitrogens with zero attached hydrogens (tertiary/aromatic N) is 1. The molecule has 0 radical (unpaired) electrons. The van der Waals surface area contributed by atoms with E-state index in [-0.39, 0.29) is 18.5 Å². The first-order chi connectivity index (χ1) is 12.1. The summed E-state index contributed by atoms with van der Waals surface area (Å²) in [6.45, 7) is 7.47. The van der Waals surface area contributed by atoms with E-state index in [1.165, 1.54) is 0 Å². The Kier molecular flexibility index (Phi) is 6.08. The van der Waals surface area contributed by atoms with Crippen molar-refractivity contribution in [1.82, 2.24) is 5.32 Å². The third-order valence-electron chi connectivity index (χ3n) is 4.35. The maximum absolute atomic E-state index is 12.5. The van der Waals surface area contributed by atoms with Crippen molar-refractivity contribution in [1.29, 1.82) is 0 Å². The number of hydrogen-bond donors (Lipinski definition) is 1. The Labute approximate surface area is 156 Å². The Hall–Kier alpha value is -2.34. The highest BCUT2D eigenvalue weighted by atomic mass is 32.2. The van der Waals surface area contributed by atoms with E-state index < -0.39 is 10.0 Å². The first-order valence-electron chi connectivity index (χ1n) is 8.49. The van der Waals surface area contributed by atoms with Crippen molar-refractivity contribution in [2.75, 3.05) is 17.1 Å². The summed E-state index contributed by atoms with van der Waals surface area (Å²) >= 11 is 0. The van der Waals surface area contributed by atoms with E-state index >= 15 is 0 Å². The van der Waals surface area contributed by atoms with Crippen LogP contribution in [0.15, 0.2) is 42.5 Å². The second-order valence-electron chi connectivity index (χ2n) is 6.71. The summed E-state index contributed by atoms with van der Waals surface area (Å²) in [6.07, 6.45) is 1.11. The van der Waals surface area contributed by atoms with Gasteiger partial charge in [-0.15, -0.1) is 0 Å². The quantitative estimate of drug-likeness (QED) is 0.844. The molecule has 0 unspecified atom stereocenters. The minimum Gasteiger partial charge on any atom is -0.348 e. The fourth-order valence-electron chi connectivity index (χ4n) is 2.95. The maximum atomic E-state index is 12.5. The normalized spacial score (nSPS) is 12.5. The molecule has 0 fully saturated rings. The predicted molar refractivity (Wildman–Crippen MR) is 106 cm³/mol. The second kappa shape index (κ2) is 7.91. The Morgan fingerprint density at radius 1 is 1.08 bits per heavy atom. The van der Waals surface area contributed by atoms with Crippen LogP contribution >= 0.6 is 0 Å². The molecular weight excluding hydrogens is 348 g/mol. The van der Waals surface area contributed by atoms with Gasteiger partial charge in [-0.05, 0) is 50.5 Å². The average Bonchev–Trinajstić information content (AvgIpc) is 2.54. The highest BCUT2D eigenvalue weighted by Gasteiger charge is 2.23. The van der Waals surface area contributed by atoms with Gasteiger partial charge in [0.05, 0.1) is 18.0 Å². The third-order valence-corrected chi connectivity index (χ3v) is 5.48. The first kappa shape index (κ1) is 20.0. The molecule has 0 aromatic heterocycles. The van der Waals surface area contributed by atoms with Crippen molar-refractivity contribution in [2.45, 2.75) is 33.7 Å². The Morgan fingerprint density at radius 3 is 2.35 bits per heavy atom. The van der Waals surface area contributed by atoms with Gasteiger partial charge in [0, 0.05) is 0 Å². The smallest absolute Gasteiger partial charge is 0.241 e. The number of amides is 1. The SMILES string of the molecule is Cc1ccc(C)c([C@@H](C)NC(=O)CN(c2ccccc2C)S(C)(=O)=O)c1. The summed E-state index contributed by atoms with van der Waals surface area (Å²) in [5, 5.41) is 2.91. The monoisotopic (exact) mass is 374 g/mol. The van der Waals surface area contributed by atoms with E-state index in [0.29, 0.717) is 5.69 Å². The number of carbonyl (C=O) groups excluding carboxylic acids is 1. The molecular formula is C20H26N2O3S. The van der Waals surface area contributed by atoms with Crippen LogP contribution in [-0.4, -0.2) is 27.1 Å². The summed E-state index contributed by atoms with van der Waals surface area (Å²) < 4.78 is 25.6. The van der Waals surface area contributed by atoms with E-state index in [0.717, 1.165) is 32.8 Å². The second-order valence-corrected chi connectivity index (χ2v) is 8.61. The van der Waals surface area contributed by atoms with Crippen LogP contribution in [0.1, 0.15) is 35.2 Å².